The molecule has 0 fully saturated rings. The molecule has 3 unspecified atom stereocenters. The Morgan fingerprint density at radius 2 is 0.780 bits per heavy atom. The number of hydrogen-bond acceptors (Lipinski definition) is 18. The van der Waals surface area contributed by atoms with Gasteiger partial charge in [0.25, 0.3) is 0 Å². The number of rotatable bonds is 43. The number of nitrogens with one attached hydrogen (secondary N) is 7. The number of amides is 6. The van der Waals surface area contributed by atoms with Gasteiger partial charge >= 0.3 is 53.8 Å². The molecule has 32 heteroatoms. The SMILES string of the molecule is O=C(O)CC[C@H](NC(=O)N[C@@H](CCC(O)NCCNC(=O)CC[C@@H](NC(=O)C(Cc1ccccc1)NC(=O)C(Cc1ccccc1)NC(=O)CN(CCN(CCN(CC(=O)O)CC(=O)O)CC(=O)O)CC(=O)O)C(=O)O)C(=O)O)C(=O)O. The van der Waals surface area contributed by atoms with Gasteiger partial charge in [0.2, 0.25) is 23.6 Å². The molecular formula is C50H70N10O22. The zero-order valence-corrected chi connectivity index (χ0v) is 44.3. The van der Waals surface area contributed by atoms with E-state index in [0.29, 0.717) is 11.1 Å². The second-order valence-electron chi connectivity index (χ2n) is 18.5. The Balaban J connectivity index is 2.14. The van der Waals surface area contributed by atoms with Crippen molar-refractivity contribution in [3.8, 4) is 0 Å². The summed E-state index contributed by atoms with van der Waals surface area (Å²) in [5.41, 5.74) is 1.04. The number of carbonyl (C=O) groups is 13. The van der Waals surface area contributed by atoms with Crippen molar-refractivity contribution in [1.82, 2.24) is 51.9 Å². The zero-order chi connectivity index (χ0) is 61.3. The van der Waals surface area contributed by atoms with Gasteiger partial charge in [0.05, 0.1) is 32.7 Å². The van der Waals surface area contributed by atoms with Crippen LogP contribution in [-0.2, 0) is 70.4 Å². The maximum absolute atomic E-state index is 14.2. The summed E-state index contributed by atoms with van der Waals surface area (Å²) in [6, 6.07) is 7.40. The van der Waals surface area contributed by atoms with Crippen molar-refractivity contribution in [1.29, 1.82) is 0 Å². The molecule has 0 aliphatic rings. The van der Waals surface area contributed by atoms with E-state index in [4.69, 9.17) is 5.11 Å². The summed E-state index contributed by atoms with van der Waals surface area (Å²) in [4.78, 5) is 163. The topological polar surface area (TPSA) is 498 Å². The number of aliphatic carboxylic acids is 8. The second kappa shape index (κ2) is 37.2. The summed E-state index contributed by atoms with van der Waals surface area (Å²) in [6.07, 6.45) is -4.37. The van der Waals surface area contributed by atoms with Crippen molar-refractivity contribution < 1.29 is 108 Å². The number of urea groups is 1. The predicted octanol–water partition coefficient (Wildman–Crippen LogP) is -4.09. The predicted molar refractivity (Wildman–Crippen MR) is 280 cm³/mol. The third-order valence-electron chi connectivity index (χ3n) is 11.8. The lowest BCUT2D eigenvalue weighted by Crippen LogP contribution is -2.57. The molecule has 0 aliphatic heterocycles. The van der Waals surface area contributed by atoms with Crippen molar-refractivity contribution in [2.24, 2.45) is 0 Å². The highest BCUT2D eigenvalue weighted by molar-refractivity contribution is 5.94. The van der Waals surface area contributed by atoms with Crippen LogP contribution in [0.2, 0.25) is 0 Å². The summed E-state index contributed by atoms with van der Waals surface area (Å²) < 4.78 is 0. The molecule has 2 aromatic carbocycles. The van der Waals surface area contributed by atoms with Gasteiger partial charge in [-0.1, -0.05) is 60.7 Å². The molecule has 32 nitrogen and oxygen atoms in total. The van der Waals surface area contributed by atoms with Crippen LogP contribution in [-0.4, -0.2) is 247 Å². The minimum Gasteiger partial charge on any atom is -0.481 e. The second-order valence-corrected chi connectivity index (χ2v) is 18.5. The number of carboxylic acid groups (broad SMARTS) is 8. The van der Waals surface area contributed by atoms with Gasteiger partial charge in [-0.2, -0.15) is 0 Å². The van der Waals surface area contributed by atoms with E-state index in [2.05, 4.69) is 26.6 Å². The molecule has 0 heterocycles. The van der Waals surface area contributed by atoms with Crippen LogP contribution in [0.15, 0.2) is 60.7 Å². The third kappa shape index (κ3) is 30.5. The fraction of sp³-hybridized carbons (Fsp3) is 0.500. The maximum atomic E-state index is 14.2. The third-order valence-corrected chi connectivity index (χ3v) is 11.8. The van der Waals surface area contributed by atoms with Crippen molar-refractivity contribution in [2.75, 3.05) is 72.0 Å². The number of hydrogen-bond donors (Lipinski definition) is 16. The number of carboxylic acids is 8. The van der Waals surface area contributed by atoms with E-state index >= 15 is 0 Å². The fourth-order valence-corrected chi connectivity index (χ4v) is 7.76. The molecule has 0 radical (unpaired) electrons. The summed E-state index contributed by atoms with van der Waals surface area (Å²) in [6.45, 7) is -4.40. The van der Waals surface area contributed by atoms with E-state index < -0.39 is 172 Å². The first kappa shape index (κ1) is 69.3. The molecule has 2 rings (SSSR count). The van der Waals surface area contributed by atoms with Crippen LogP contribution < -0.4 is 37.2 Å². The Morgan fingerprint density at radius 1 is 0.390 bits per heavy atom. The van der Waals surface area contributed by atoms with Crippen LogP contribution in [0.4, 0.5) is 4.79 Å². The number of benzene rings is 2. The molecule has 82 heavy (non-hydrogen) atoms. The largest absolute Gasteiger partial charge is 0.481 e. The van der Waals surface area contributed by atoms with Gasteiger partial charge in [-0.25, -0.2) is 19.2 Å². The van der Waals surface area contributed by atoms with Gasteiger partial charge in [0, 0.05) is 65.0 Å². The Bertz CT molecular complexity index is 2480. The number of nitrogens with zero attached hydrogens (tertiary/aromatic N) is 3. The molecular weight excluding hydrogens is 1090 g/mol. The van der Waals surface area contributed by atoms with Crippen LogP contribution in [0.1, 0.15) is 49.7 Å². The molecule has 6 atom stereocenters. The van der Waals surface area contributed by atoms with Gasteiger partial charge in [-0.05, 0) is 36.8 Å². The smallest absolute Gasteiger partial charge is 0.326 e. The first-order chi connectivity index (χ1) is 38.7. The average molecular weight is 1160 g/mol. The Kier molecular flexibility index (Phi) is 31.4. The van der Waals surface area contributed by atoms with Crippen LogP contribution >= 0.6 is 0 Å². The minimum absolute atomic E-state index is 0.0985. The van der Waals surface area contributed by atoms with E-state index in [0.717, 1.165) is 9.80 Å². The van der Waals surface area contributed by atoms with E-state index in [1.54, 1.807) is 60.7 Å². The molecule has 0 aromatic heterocycles. The van der Waals surface area contributed by atoms with Crippen LogP contribution in [0.5, 0.6) is 0 Å². The van der Waals surface area contributed by atoms with Crippen LogP contribution in [0.25, 0.3) is 0 Å². The zero-order valence-electron chi connectivity index (χ0n) is 44.3. The summed E-state index contributed by atoms with van der Waals surface area (Å²) >= 11 is 0. The lowest BCUT2D eigenvalue weighted by molar-refractivity contribution is -0.143. The fourth-order valence-electron chi connectivity index (χ4n) is 7.76. The van der Waals surface area contributed by atoms with E-state index in [9.17, 15) is 103 Å². The Labute approximate surface area is 468 Å². The highest BCUT2D eigenvalue weighted by atomic mass is 16.4. The lowest BCUT2D eigenvalue weighted by Gasteiger charge is -2.28. The monoisotopic (exact) mass is 1160 g/mol. The minimum atomic E-state index is -1.69. The molecule has 16 N–H and O–H groups in total. The molecule has 0 saturated carbocycles. The molecule has 452 valence electrons. The lowest BCUT2D eigenvalue weighted by atomic mass is 10.0. The standard InChI is InChI=1S/C50H70N10O22/c61-37(51-17-18-52-38(62)15-12-33(48(78)79)56-50(82)57-34(49(80)81)13-16-40(64)65)14-11-32(47(76)77)54-46(75)36(24-31-9-5-2-6-10-31)55-45(74)35(23-30-7-3-1-4-8-30)53-39(63)25-59(27-42(68)69)21-19-58(26-41(66)67)20-22-60(28-43(70)71)29-44(72)73/h1-10,32-36,38,52,62H,11-29H2,(H,51,61)(H,53,63)(H,54,75)(H,55,74)(H,64,65)(H,66,67)(H,68,69)(H,70,71)(H,72,73)(H,76,77)(H,78,79)(H,80,81)(H2,56,57,82)/t32-,33+,34+,35?,36?,38?/m1/s1. The van der Waals surface area contributed by atoms with Gasteiger partial charge in [0.1, 0.15) is 36.4 Å². The number of aliphatic hydroxyl groups is 1. The van der Waals surface area contributed by atoms with Gasteiger partial charge in [-0.15, -0.1) is 0 Å². The molecule has 0 aliphatic carbocycles. The van der Waals surface area contributed by atoms with E-state index in [1.807, 2.05) is 10.6 Å². The summed E-state index contributed by atoms with van der Waals surface area (Å²) in [5, 5.41) is 102. The Hall–Kier alpha value is -8.85. The highest BCUT2D eigenvalue weighted by Crippen LogP contribution is 2.10. The molecule has 0 saturated heterocycles. The quantitative estimate of drug-likeness (QED) is 0.0222. The normalized spacial score (nSPS) is 13.3. The van der Waals surface area contributed by atoms with Gasteiger partial charge in [0.15, 0.2) is 0 Å². The van der Waals surface area contributed by atoms with Crippen molar-refractivity contribution >= 4 is 77.4 Å². The summed E-state index contributed by atoms with van der Waals surface area (Å²) in [7, 11) is 0. The van der Waals surface area contributed by atoms with E-state index in [1.165, 1.54) is 4.90 Å². The molecule has 2 aromatic rings. The van der Waals surface area contributed by atoms with Crippen molar-refractivity contribution in [3.63, 3.8) is 0 Å². The van der Waals surface area contributed by atoms with Gasteiger partial charge in [-0.3, -0.25) is 63.2 Å². The van der Waals surface area contributed by atoms with E-state index in [-0.39, 0.29) is 65.0 Å². The Morgan fingerprint density at radius 3 is 1.23 bits per heavy atom. The van der Waals surface area contributed by atoms with Crippen LogP contribution in [0, 0.1) is 0 Å². The maximum Gasteiger partial charge on any atom is 0.326 e. The molecule has 6 amide bonds. The summed E-state index contributed by atoms with van der Waals surface area (Å²) in [5.74, 6) is -14.8. The van der Waals surface area contributed by atoms with Crippen LogP contribution in [0.3, 0.4) is 0 Å². The van der Waals surface area contributed by atoms with Crippen molar-refractivity contribution in [2.45, 2.75) is 87.8 Å². The first-order valence-electron chi connectivity index (χ1n) is 25.4. The number of aliphatic hydroxyl groups excluding tert-OH is 1. The van der Waals surface area contributed by atoms with Crippen molar-refractivity contribution in [3.05, 3.63) is 71.8 Å². The first-order valence-corrected chi connectivity index (χ1v) is 25.4. The highest BCUT2D eigenvalue weighted by Gasteiger charge is 2.32. The van der Waals surface area contributed by atoms with Gasteiger partial charge < -0.3 is 77.9 Å². The average Bonchev–Trinajstić information content (AvgIpc) is 3.44. The molecule has 0 spiro atoms. The molecule has 0 bridgehead atoms. The number of carbonyl (C=O) groups excluding carboxylic acids is 5.